The van der Waals surface area contributed by atoms with Crippen molar-refractivity contribution in [3.8, 4) is 5.75 Å². The Labute approximate surface area is 132 Å². The van der Waals surface area contributed by atoms with Crippen LogP contribution in [0.15, 0.2) is 24.3 Å². The second-order valence-electron chi connectivity index (χ2n) is 5.93. The number of amides is 2. The van der Waals surface area contributed by atoms with E-state index in [2.05, 4.69) is 5.32 Å². The van der Waals surface area contributed by atoms with Crippen molar-refractivity contribution in [1.82, 2.24) is 10.2 Å². The molecule has 2 unspecified atom stereocenters. The zero-order chi connectivity index (χ0) is 15.9. The number of nitrogens with one attached hydrogen (secondary N) is 1. The number of methoxy groups -OCH3 is 1. The molecule has 1 saturated carbocycles. The fourth-order valence-corrected chi connectivity index (χ4v) is 3.01. The second-order valence-corrected chi connectivity index (χ2v) is 5.93. The molecule has 122 valence electrons. The number of hydrogen-bond acceptors (Lipinski definition) is 3. The van der Waals surface area contributed by atoms with Crippen LogP contribution in [0, 0.1) is 5.92 Å². The van der Waals surface area contributed by atoms with Crippen LogP contribution in [-0.2, 0) is 6.42 Å². The minimum atomic E-state index is -0.260. The molecule has 1 aromatic rings. The van der Waals surface area contributed by atoms with Gasteiger partial charge in [0.25, 0.3) is 0 Å². The lowest BCUT2D eigenvalue weighted by atomic mass is 10.1. The summed E-state index contributed by atoms with van der Waals surface area (Å²) in [5.41, 5.74) is 1.08. The first-order valence-electron chi connectivity index (χ1n) is 7.90. The molecule has 5 nitrogen and oxygen atoms in total. The number of nitrogens with zero attached hydrogens (tertiary/aromatic N) is 1. The number of urea groups is 1. The normalized spacial score (nSPS) is 20.7. The van der Waals surface area contributed by atoms with Gasteiger partial charge in [0.15, 0.2) is 0 Å². The van der Waals surface area contributed by atoms with Crippen LogP contribution in [-0.4, -0.2) is 49.4 Å². The molecule has 2 N–H and O–H groups in total. The molecular weight excluding hydrogens is 280 g/mol. The van der Waals surface area contributed by atoms with E-state index in [1.54, 1.807) is 19.1 Å². The zero-order valence-corrected chi connectivity index (χ0v) is 13.4. The fraction of sp³-hybridized carbons (Fsp3) is 0.588. The average molecular weight is 306 g/mol. The topological polar surface area (TPSA) is 61.8 Å². The number of aliphatic hydroxyl groups excluding tert-OH is 1. The van der Waals surface area contributed by atoms with Crippen molar-refractivity contribution in [3.05, 3.63) is 29.8 Å². The van der Waals surface area contributed by atoms with Crippen LogP contribution in [0.4, 0.5) is 4.79 Å². The van der Waals surface area contributed by atoms with Crippen LogP contribution in [0.3, 0.4) is 0 Å². The molecule has 1 aromatic carbocycles. The molecule has 1 aliphatic carbocycles. The molecule has 2 amide bonds. The molecule has 1 fully saturated rings. The Morgan fingerprint density at radius 3 is 2.86 bits per heavy atom. The van der Waals surface area contributed by atoms with Crippen molar-refractivity contribution in [3.63, 3.8) is 0 Å². The molecule has 22 heavy (non-hydrogen) atoms. The van der Waals surface area contributed by atoms with Gasteiger partial charge in [0.1, 0.15) is 5.75 Å². The van der Waals surface area contributed by atoms with Gasteiger partial charge in [0, 0.05) is 26.1 Å². The van der Waals surface area contributed by atoms with E-state index in [4.69, 9.17) is 4.74 Å². The third-order valence-electron chi connectivity index (χ3n) is 4.34. The van der Waals surface area contributed by atoms with E-state index in [1.807, 2.05) is 24.3 Å². The average Bonchev–Trinajstić information content (AvgIpc) is 2.92. The van der Waals surface area contributed by atoms with Crippen molar-refractivity contribution < 1.29 is 14.6 Å². The van der Waals surface area contributed by atoms with Gasteiger partial charge in [-0.05, 0) is 30.9 Å². The third-order valence-corrected chi connectivity index (χ3v) is 4.34. The molecule has 0 aliphatic heterocycles. The van der Waals surface area contributed by atoms with Crippen LogP contribution in [0.2, 0.25) is 0 Å². The predicted octanol–water partition coefficient (Wildman–Crippen LogP) is 2.04. The number of carbonyl (C=O) groups is 1. The summed E-state index contributed by atoms with van der Waals surface area (Å²) in [6.07, 6.45) is 3.38. The molecule has 2 atom stereocenters. The standard InChI is InChI=1S/C17H26N2O3/c1-19(12-14-7-5-8-15(14)20)17(21)18-11-10-13-6-3-4-9-16(13)22-2/h3-4,6,9,14-15,20H,5,7-8,10-12H2,1-2H3,(H,18,21). The van der Waals surface area contributed by atoms with Gasteiger partial charge in [-0.25, -0.2) is 4.79 Å². The third kappa shape index (κ3) is 4.37. The molecular formula is C17H26N2O3. The van der Waals surface area contributed by atoms with Crippen LogP contribution >= 0.6 is 0 Å². The maximum atomic E-state index is 12.1. The monoisotopic (exact) mass is 306 g/mol. The number of hydrogen-bond donors (Lipinski definition) is 2. The molecule has 0 bridgehead atoms. The molecule has 0 aromatic heterocycles. The molecule has 2 rings (SSSR count). The Hall–Kier alpha value is -1.75. The Morgan fingerprint density at radius 1 is 1.41 bits per heavy atom. The molecule has 0 saturated heterocycles. The Kier molecular flexibility index (Phi) is 6.07. The first-order valence-corrected chi connectivity index (χ1v) is 7.90. The largest absolute Gasteiger partial charge is 0.496 e. The minimum absolute atomic E-state index is 0.0889. The first kappa shape index (κ1) is 16.6. The summed E-state index contributed by atoms with van der Waals surface area (Å²) in [6, 6.07) is 7.73. The lowest BCUT2D eigenvalue weighted by Gasteiger charge is -2.23. The fourth-order valence-electron chi connectivity index (χ4n) is 3.01. The van der Waals surface area contributed by atoms with Crippen LogP contribution in [0.5, 0.6) is 5.75 Å². The van der Waals surface area contributed by atoms with E-state index in [9.17, 15) is 9.90 Å². The van der Waals surface area contributed by atoms with Gasteiger partial charge < -0.3 is 20.1 Å². The highest BCUT2D eigenvalue weighted by Crippen LogP contribution is 2.25. The van der Waals surface area contributed by atoms with Crippen LogP contribution in [0.25, 0.3) is 0 Å². The number of carbonyl (C=O) groups excluding carboxylic acids is 1. The highest BCUT2D eigenvalue weighted by Gasteiger charge is 2.27. The lowest BCUT2D eigenvalue weighted by Crippen LogP contribution is -2.41. The summed E-state index contributed by atoms with van der Waals surface area (Å²) in [5, 5.41) is 12.8. The van der Waals surface area contributed by atoms with E-state index in [0.29, 0.717) is 13.1 Å². The summed E-state index contributed by atoms with van der Waals surface area (Å²) < 4.78 is 5.30. The number of para-hydroxylation sites is 1. The van der Waals surface area contributed by atoms with E-state index in [1.165, 1.54) is 0 Å². The Bertz CT molecular complexity index is 493. The number of aliphatic hydroxyl groups is 1. The van der Waals surface area contributed by atoms with Gasteiger partial charge in [0.05, 0.1) is 13.2 Å². The van der Waals surface area contributed by atoms with Crippen molar-refractivity contribution in [2.24, 2.45) is 5.92 Å². The summed E-state index contributed by atoms with van der Waals surface area (Å²) in [6.45, 7) is 1.18. The first-order chi connectivity index (χ1) is 10.6. The lowest BCUT2D eigenvalue weighted by molar-refractivity contribution is 0.114. The summed E-state index contributed by atoms with van der Waals surface area (Å²) in [5.74, 6) is 1.06. The maximum absolute atomic E-state index is 12.1. The molecule has 0 radical (unpaired) electrons. The molecule has 0 heterocycles. The van der Waals surface area contributed by atoms with Crippen LogP contribution in [0.1, 0.15) is 24.8 Å². The summed E-state index contributed by atoms with van der Waals surface area (Å²) >= 11 is 0. The van der Waals surface area contributed by atoms with E-state index < -0.39 is 0 Å². The maximum Gasteiger partial charge on any atom is 0.317 e. The highest BCUT2D eigenvalue weighted by atomic mass is 16.5. The van der Waals surface area contributed by atoms with Gasteiger partial charge >= 0.3 is 6.03 Å². The number of benzene rings is 1. The minimum Gasteiger partial charge on any atom is -0.496 e. The van der Waals surface area contributed by atoms with Crippen molar-refractivity contribution in [2.75, 3.05) is 27.2 Å². The van der Waals surface area contributed by atoms with Crippen molar-refractivity contribution in [2.45, 2.75) is 31.8 Å². The van der Waals surface area contributed by atoms with E-state index >= 15 is 0 Å². The van der Waals surface area contributed by atoms with Crippen LogP contribution < -0.4 is 10.1 Å². The Balaban J connectivity index is 1.75. The second kappa shape index (κ2) is 8.03. The van der Waals surface area contributed by atoms with E-state index in [-0.39, 0.29) is 18.1 Å². The van der Waals surface area contributed by atoms with Crippen molar-refractivity contribution >= 4 is 6.03 Å². The number of rotatable bonds is 6. The molecule has 0 spiro atoms. The predicted molar refractivity (Wildman–Crippen MR) is 86.1 cm³/mol. The smallest absolute Gasteiger partial charge is 0.317 e. The molecule has 5 heteroatoms. The zero-order valence-electron chi connectivity index (χ0n) is 13.4. The van der Waals surface area contributed by atoms with Gasteiger partial charge in [-0.1, -0.05) is 24.6 Å². The Morgan fingerprint density at radius 2 is 2.18 bits per heavy atom. The van der Waals surface area contributed by atoms with Gasteiger partial charge in [-0.2, -0.15) is 0 Å². The van der Waals surface area contributed by atoms with E-state index in [0.717, 1.165) is 37.0 Å². The number of ether oxygens (including phenoxy) is 1. The highest BCUT2D eigenvalue weighted by molar-refractivity contribution is 5.73. The SMILES string of the molecule is COc1ccccc1CCNC(=O)N(C)CC1CCCC1O. The molecule has 1 aliphatic rings. The van der Waals surface area contributed by atoms with Gasteiger partial charge in [-0.15, -0.1) is 0 Å². The summed E-state index contributed by atoms with van der Waals surface area (Å²) in [7, 11) is 3.43. The van der Waals surface area contributed by atoms with Crippen molar-refractivity contribution in [1.29, 1.82) is 0 Å². The quantitative estimate of drug-likeness (QED) is 0.845. The van der Waals surface area contributed by atoms with Gasteiger partial charge in [-0.3, -0.25) is 0 Å². The van der Waals surface area contributed by atoms with Gasteiger partial charge in [0.2, 0.25) is 0 Å². The summed E-state index contributed by atoms with van der Waals surface area (Å²) in [4.78, 5) is 13.8.